The van der Waals surface area contributed by atoms with Crippen LogP contribution in [-0.2, 0) is 0 Å². The Labute approximate surface area is 96.2 Å². The maximum absolute atomic E-state index is 5.24. The number of nitrogens with one attached hydrogen (secondary N) is 1. The van der Waals surface area contributed by atoms with Crippen LogP contribution in [0.1, 0.15) is 18.0 Å². The fourth-order valence-electron chi connectivity index (χ4n) is 1.64. The standard InChI is InChI=1S/C11H15NO2.ClH/c1-13-10-4-3-8(7-11(10)14-2)9-5-6-12-9;/h3-4,7,9,12H,5-6H2,1-2H3;1H/t9-;/m0./s1. The van der Waals surface area contributed by atoms with E-state index in [1.807, 2.05) is 12.1 Å². The molecule has 0 saturated carbocycles. The highest BCUT2D eigenvalue weighted by molar-refractivity contribution is 5.85. The molecule has 1 fully saturated rings. The molecule has 4 heteroatoms. The van der Waals surface area contributed by atoms with E-state index in [9.17, 15) is 0 Å². The third-order valence-corrected chi connectivity index (χ3v) is 2.63. The van der Waals surface area contributed by atoms with E-state index in [2.05, 4.69) is 11.4 Å². The molecule has 1 atom stereocenters. The molecule has 0 amide bonds. The molecule has 0 aliphatic carbocycles. The molecule has 15 heavy (non-hydrogen) atoms. The summed E-state index contributed by atoms with van der Waals surface area (Å²) in [6.45, 7) is 1.11. The molecule has 84 valence electrons. The van der Waals surface area contributed by atoms with Gasteiger partial charge < -0.3 is 14.8 Å². The number of methoxy groups -OCH3 is 2. The normalized spacial score (nSPS) is 18.7. The molecule has 2 rings (SSSR count). The zero-order valence-corrected chi connectivity index (χ0v) is 9.76. The molecule has 1 aliphatic rings. The van der Waals surface area contributed by atoms with Gasteiger partial charge in [-0.3, -0.25) is 0 Å². The van der Waals surface area contributed by atoms with Crippen LogP contribution in [0.15, 0.2) is 18.2 Å². The average molecular weight is 230 g/mol. The molecule has 0 aromatic heterocycles. The van der Waals surface area contributed by atoms with Crippen LogP contribution >= 0.6 is 12.4 Å². The Balaban J connectivity index is 0.00000112. The third-order valence-electron chi connectivity index (χ3n) is 2.63. The fraction of sp³-hybridized carbons (Fsp3) is 0.455. The fourth-order valence-corrected chi connectivity index (χ4v) is 1.64. The Morgan fingerprint density at radius 1 is 1.20 bits per heavy atom. The number of hydrogen-bond acceptors (Lipinski definition) is 3. The lowest BCUT2D eigenvalue weighted by molar-refractivity contribution is 0.349. The van der Waals surface area contributed by atoms with Gasteiger partial charge in [0.05, 0.1) is 14.2 Å². The van der Waals surface area contributed by atoms with Gasteiger partial charge in [0.15, 0.2) is 11.5 Å². The zero-order chi connectivity index (χ0) is 9.97. The predicted molar refractivity (Wildman–Crippen MR) is 62.2 cm³/mol. The lowest BCUT2D eigenvalue weighted by Gasteiger charge is -2.28. The third kappa shape index (κ3) is 2.36. The van der Waals surface area contributed by atoms with E-state index < -0.39 is 0 Å². The number of halogens is 1. The average Bonchev–Trinajstić information content (AvgIpc) is 2.15. The first-order valence-electron chi connectivity index (χ1n) is 4.80. The molecular formula is C11H16ClNO2. The maximum atomic E-state index is 5.24. The van der Waals surface area contributed by atoms with Crippen molar-refractivity contribution in [1.29, 1.82) is 0 Å². The molecule has 1 aliphatic heterocycles. The van der Waals surface area contributed by atoms with Crippen LogP contribution in [0.5, 0.6) is 11.5 Å². The van der Waals surface area contributed by atoms with Crippen molar-refractivity contribution in [3.63, 3.8) is 0 Å². The Morgan fingerprint density at radius 3 is 2.33 bits per heavy atom. The van der Waals surface area contributed by atoms with Crippen LogP contribution in [0.4, 0.5) is 0 Å². The van der Waals surface area contributed by atoms with Crippen LogP contribution in [0.2, 0.25) is 0 Å². The molecular weight excluding hydrogens is 214 g/mol. The van der Waals surface area contributed by atoms with Gasteiger partial charge in [-0.15, -0.1) is 12.4 Å². The highest BCUT2D eigenvalue weighted by Crippen LogP contribution is 2.32. The number of benzene rings is 1. The minimum Gasteiger partial charge on any atom is -0.493 e. The van der Waals surface area contributed by atoms with E-state index in [1.54, 1.807) is 14.2 Å². The SMILES string of the molecule is COc1ccc([C@@H]2CCN2)cc1OC.Cl. The van der Waals surface area contributed by atoms with Crippen LogP contribution in [0.25, 0.3) is 0 Å². The van der Waals surface area contributed by atoms with E-state index in [1.165, 1.54) is 12.0 Å². The summed E-state index contributed by atoms with van der Waals surface area (Å²) in [7, 11) is 3.31. The van der Waals surface area contributed by atoms with Crippen LogP contribution < -0.4 is 14.8 Å². The van der Waals surface area contributed by atoms with Crippen molar-refractivity contribution in [2.75, 3.05) is 20.8 Å². The second kappa shape index (κ2) is 5.24. The van der Waals surface area contributed by atoms with Gasteiger partial charge in [-0.1, -0.05) is 6.07 Å². The molecule has 1 N–H and O–H groups in total. The molecule has 1 aromatic rings. The first-order chi connectivity index (χ1) is 6.85. The summed E-state index contributed by atoms with van der Waals surface area (Å²) in [6.07, 6.45) is 1.20. The van der Waals surface area contributed by atoms with Crippen molar-refractivity contribution in [3.05, 3.63) is 23.8 Å². The highest BCUT2D eigenvalue weighted by Gasteiger charge is 2.19. The van der Waals surface area contributed by atoms with Crippen molar-refractivity contribution >= 4 is 12.4 Å². The molecule has 3 nitrogen and oxygen atoms in total. The lowest BCUT2D eigenvalue weighted by Crippen LogP contribution is -2.34. The van der Waals surface area contributed by atoms with E-state index in [4.69, 9.17) is 9.47 Å². The van der Waals surface area contributed by atoms with E-state index in [0.717, 1.165) is 18.0 Å². The molecule has 0 spiro atoms. The molecule has 0 bridgehead atoms. The van der Waals surface area contributed by atoms with Crippen molar-refractivity contribution < 1.29 is 9.47 Å². The first kappa shape index (κ1) is 12.1. The van der Waals surface area contributed by atoms with Gasteiger partial charge in [0.2, 0.25) is 0 Å². The zero-order valence-electron chi connectivity index (χ0n) is 8.95. The van der Waals surface area contributed by atoms with Crippen LogP contribution in [0, 0.1) is 0 Å². The summed E-state index contributed by atoms with van der Waals surface area (Å²) in [6, 6.07) is 6.57. The van der Waals surface area contributed by atoms with Crippen molar-refractivity contribution in [3.8, 4) is 11.5 Å². The Bertz CT molecular complexity index is 326. The summed E-state index contributed by atoms with van der Waals surface area (Å²) < 4.78 is 10.4. The summed E-state index contributed by atoms with van der Waals surface area (Å²) >= 11 is 0. The summed E-state index contributed by atoms with van der Waals surface area (Å²) in [5, 5.41) is 3.35. The van der Waals surface area contributed by atoms with Gasteiger partial charge >= 0.3 is 0 Å². The quantitative estimate of drug-likeness (QED) is 0.862. The lowest BCUT2D eigenvalue weighted by atomic mass is 9.98. The van der Waals surface area contributed by atoms with E-state index in [-0.39, 0.29) is 12.4 Å². The minimum atomic E-state index is 0. The molecule has 0 radical (unpaired) electrons. The smallest absolute Gasteiger partial charge is 0.161 e. The molecule has 0 unspecified atom stereocenters. The largest absolute Gasteiger partial charge is 0.493 e. The summed E-state index contributed by atoms with van der Waals surface area (Å²) in [4.78, 5) is 0. The second-order valence-corrected chi connectivity index (χ2v) is 3.41. The summed E-state index contributed by atoms with van der Waals surface area (Å²) in [5.74, 6) is 1.59. The van der Waals surface area contributed by atoms with Gasteiger partial charge in [0, 0.05) is 6.04 Å². The summed E-state index contributed by atoms with van der Waals surface area (Å²) in [5.41, 5.74) is 1.27. The van der Waals surface area contributed by atoms with Gasteiger partial charge in [-0.05, 0) is 30.7 Å². The maximum Gasteiger partial charge on any atom is 0.161 e. The van der Waals surface area contributed by atoms with E-state index in [0.29, 0.717) is 6.04 Å². The number of rotatable bonds is 3. The predicted octanol–water partition coefficient (Wildman–Crippen LogP) is 2.16. The minimum absolute atomic E-state index is 0. The van der Waals surface area contributed by atoms with Crippen LogP contribution in [0.3, 0.4) is 0 Å². The van der Waals surface area contributed by atoms with Crippen molar-refractivity contribution in [2.24, 2.45) is 0 Å². The molecule has 1 aromatic carbocycles. The molecule has 1 heterocycles. The first-order valence-corrected chi connectivity index (χ1v) is 4.80. The topological polar surface area (TPSA) is 30.5 Å². The Morgan fingerprint density at radius 2 is 1.87 bits per heavy atom. The van der Waals surface area contributed by atoms with Crippen molar-refractivity contribution in [1.82, 2.24) is 5.32 Å². The number of hydrogen-bond donors (Lipinski definition) is 1. The second-order valence-electron chi connectivity index (χ2n) is 3.41. The number of ether oxygens (including phenoxy) is 2. The van der Waals surface area contributed by atoms with Crippen LogP contribution in [-0.4, -0.2) is 20.8 Å². The van der Waals surface area contributed by atoms with Crippen molar-refractivity contribution in [2.45, 2.75) is 12.5 Å². The van der Waals surface area contributed by atoms with E-state index >= 15 is 0 Å². The molecule has 1 saturated heterocycles. The highest BCUT2D eigenvalue weighted by atomic mass is 35.5. The van der Waals surface area contributed by atoms with Gasteiger partial charge in [-0.2, -0.15) is 0 Å². The Kier molecular flexibility index (Phi) is 4.24. The Hall–Kier alpha value is -0.930. The van der Waals surface area contributed by atoms with Gasteiger partial charge in [0.1, 0.15) is 0 Å². The van der Waals surface area contributed by atoms with Gasteiger partial charge in [-0.25, -0.2) is 0 Å². The van der Waals surface area contributed by atoms with Gasteiger partial charge in [0.25, 0.3) is 0 Å². The monoisotopic (exact) mass is 229 g/mol.